The molecule has 2 heteroatoms. The fourth-order valence-corrected chi connectivity index (χ4v) is 3.94. The first kappa shape index (κ1) is 16.3. The minimum absolute atomic E-state index is 0.967. The molecule has 1 aliphatic carbocycles. The molecule has 118 valence electrons. The van der Waals surface area contributed by atoms with Crippen molar-refractivity contribution in [1.29, 1.82) is 0 Å². The van der Waals surface area contributed by atoms with Crippen molar-refractivity contribution in [2.24, 2.45) is 11.8 Å². The lowest BCUT2D eigenvalue weighted by molar-refractivity contribution is 0.220. The number of hydrogen-bond donors (Lipinski definition) is 1. The molecule has 2 aliphatic rings. The number of rotatable bonds is 8. The molecule has 0 unspecified atom stereocenters. The Morgan fingerprint density at radius 2 is 1.65 bits per heavy atom. The second-order valence-corrected chi connectivity index (χ2v) is 7.14. The van der Waals surface area contributed by atoms with Crippen LogP contribution in [-0.2, 0) is 0 Å². The highest BCUT2D eigenvalue weighted by molar-refractivity contribution is 4.74. The maximum absolute atomic E-state index is 3.72. The van der Waals surface area contributed by atoms with E-state index in [0.717, 1.165) is 11.8 Å². The molecule has 2 fully saturated rings. The quantitative estimate of drug-likeness (QED) is 0.675. The fraction of sp³-hybridized carbons (Fsp3) is 1.00. The van der Waals surface area contributed by atoms with E-state index in [1.807, 2.05) is 0 Å². The number of piperidine rings is 1. The summed E-state index contributed by atoms with van der Waals surface area (Å²) in [6, 6.07) is 0. The van der Waals surface area contributed by atoms with Gasteiger partial charge in [-0.3, -0.25) is 0 Å². The van der Waals surface area contributed by atoms with Gasteiger partial charge in [-0.1, -0.05) is 45.4 Å². The molecule has 0 radical (unpaired) electrons. The summed E-state index contributed by atoms with van der Waals surface area (Å²) in [5, 5.41) is 3.72. The van der Waals surface area contributed by atoms with Crippen LogP contribution in [0.25, 0.3) is 0 Å². The zero-order chi connectivity index (χ0) is 14.0. The van der Waals surface area contributed by atoms with Crippen molar-refractivity contribution in [3.05, 3.63) is 0 Å². The Bertz CT molecular complexity index is 228. The molecule has 0 atom stereocenters. The number of nitrogens with zero attached hydrogens (tertiary/aromatic N) is 1. The van der Waals surface area contributed by atoms with Gasteiger partial charge in [0.15, 0.2) is 0 Å². The molecule has 0 bridgehead atoms. The smallest absolute Gasteiger partial charge is 0.0107 e. The maximum atomic E-state index is 3.72. The number of nitrogens with one attached hydrogen (secondary N) is 1. The van der Waals surface area contributed by atoms with E-state index in [9.17, 15) is 0 Å². The second kappa shape index (κ2) is 9.78. The molecule has 1 saturated carbocycles. The molecule has 20 heavy (non-hydrogen) atoms. The van der Waals surface area contributed by atoms with Crippen LogP contribution in [-0.4, -0.2) is 37.6 Å². The standard InChI is InChI=1S/C18H36N2/c1-2-3-7-17-8-10-18(11-9-17)16-19-12-15-20-13-5-4-6-14-20/h17-19H,2-16H2,1H3. The Labute approximate surface area is 126 Å². The van der Waals surface area contributed by atoms with Crippen LogP contribution in [0.1, 0.15) is 71.1 Å². The monoisotopic (exact) mass is 280 g/mol. The average Bonchev–Trinajstić information content (AvgIpc) is 2.52. The first-order valence-corrected chi connectivity index (χ1v) is 9.31. The Morgan fingerprint density at radius 3 is 2.35 bits per heavy atom. The predicted molar refractivity (Wildman–Crippen MR) is 88.1 cm³/mol. The van der Waals surface area contributed by atoms with E-state index in [0.29, 0.717) is 0 Å². The Morgan fingerprint density at radius 1 is 0.950 bits per heavy atom. The van der Waals surface area contributed by atoms with Crippen molar-refractivity contribution >= 4 is 0 Å². The van der Waals surface area contributed by atoms with Gasteiger partial charge in [0, 0.05) is 13.1 Å². The summed E-state index contributed by atoms with van der Waals surface area (Å²) in [5.74, 6) is 2.02. The molecule has 1 saturated heterocycles. The first-order chi connectivity index (χ1) is 9.88. The third-order valence-electron chi connectivity index (χ3n) is 5.42. The van der Waals surface area contributed by atoms with E-state index in [4.69, 9.17) is 0 Å². The summed E-state index contributed by atoms with van der Waals surface area (Å²) in [4.78, 5) is 2.64. The zero-order valence-corrected chi connectivity index (χ0v) is 13.7. The predicted octanol–water partition coefficient (Wildman–Crippen LogP) is 4.06. The molecular formula is C18H36N2. The maximum Gasteiger partial charge on any atom is 0.0107 e. The SMILES string of the molecule is CCCCC1CCC(CNCCN2CCCCC2)CC1. The van der Waals surface area contributed by atoms with Crippen LogP contribution in [0.2, 0.25) is 0 Å². The van der Waals surface area contributed by atoms with Gasteiger partial charge in [0.25, 0.3) is 0 Å². The molecule has 1 N–H and O–H groups in total. The zero-order valence-electron chi connectivity index (χ0n) is 13.7. The summed E-state index contributed by atoms with van der Waals surface area (Å²) >= 11 is 0. The van der Waals surface area contributed by atoms with Crippen molar-refractivity contribution in [2.45, 2.75) is 71.1 Å². The van der Waals surface area contributed by atoms with Gasteiger partial charge in [0.05, 0.1) is 0 Å². The van der Waals surface area contributed by atoms with Gasteiger partial charge in [-0.05, 0) is 57.2 Å². The van der Waals surface area contributed by atoms with Crippen LogP contribution in [0, 0.1) is 11.8 Å². The molecule has 2 nitrogen and oxygen atoms in total. The van der Waals surface area contributed by atoms with Gasteiger partial charge >= 0.3 is 0 Å². The molecule has 0 amide bonds. The van der Waals surface area contributed by atoms with Crippen molar-refractivity contribution in [3.8, 4) is 0 Å². The van der Waals surface area contributed by atoms with E-state index in [1.54, 1.807) is 0 Å². The van der Waals surface area contributed by atoms with Gasteiger partial charge in [0.1, 0.15) is 0 Å². The number of unbranched alkanes of at least 4 members (excludes halogenated alkanes) is 1. The topological polar surface area (TPSA) is 15.3 Å². The molecule has 0 aromatic carbocycles. The summed E-state index contributed by atoms with van der Waals surface area (Å²) in [5.41, 5.74) is 0. The van der Waals surface area contributed by atoms with E-state index >= 15 is 0 Å². The van der Waals surface area contributed by atoms with Crippen molar-refractivity contribution < 1.29 is 0 Å². The summed E-state index contributed by atoms with van der Waals surface area (Å²) in [6.45, 7) is 8.74. The van der Waals surface area contributed by atoms with Crippen LogP contribution >= 0.6 is 0 Å². The summed E-state index contributed by atoms with van der Waals surface area (Å²) < 4.78 is 0. The second-order valence-electron chi connectivity index (χ2n) is 7.14. The van der Waals surface area contributed by atoms with Crippen molar-refractivity contribution in [1.82, 2.24) is 10.2 Å². The normalized spacial score (nSPS) is 28.6. The summed E-state index contributed by atoms with van der Waals surface area (Å²) in [7, 11) is 0. The molecule has 0 spiro atoms. The van der Waals surface area contributed by atoms with Gasteiger partial charge in [-0.25, -0.2) is 0 Å². The van der Waals surface area contributed by atoms with Crippen LogP contribution in [0.3, 0.4) is 0 Å². The largest absolute Gasteiger partial charge is 0.315 e. The minimum Gasteiger partial charge on any atom is -0.315 e. The molecular weight excluding hydrogens is 244 g/mol. The minimum atomic E-state index is 0.967. The molecule has 0 aromatic heterocycles. The van der Waals surface area contributed by atoms with Crippen molar-refractivity contribution in [3.63, 3.8) is 0 Å². The number of likely N-dealkylation sites (tertiary alicyclic amines) is 1. The number of hydrogen-bond acceptors (Lipinski definition) is 2. The van der Waals surface area contributed by atoms with Gasteiger partial charge in [0.2, 0.25) is 0 Å². The van der Waals surface area contributed by atoms with E-state index in [2.05, 4.69) is 17.1 Å². The van der Waals surface area contributed by atoms with Crippen LogP contribution in [0.15, 0.2) is 0 Å². The van der Waals surface area contributed by atoms with Crippen molar-refractivity contribution in [2.75, 3.05) is 32.7 Å². The fourth-order valence-electron chi connectivity index (χ4n) is 3.94. The van der Waals surface area contributed by atoms with E-state index in [1.165, 1.54) is 96.9 Å². The van der Waals surface area contributed by atoms with E-state index in [-0.39, 0.29) is 0 Å². The highest BCUT2D eigenvalue weighted by atomic mass is 15.1. The average molecular weight is 280 g/mol. The van der Waals surface area contributed by atoms with Crippen LogP contribution in [0.4, 0.5) is 0 Å². The molecule has 0 aromatic rings. The van der Waals surface area contributed by atoms with Gasteiger partial charge in [-0.2, -0.15) is 0 Å². The first-order valence-electron chi connectivity index (χ1n) is 9.31. The Kier molecular flexibility index (Phi) is 7.97. The van der Waals surface area contributed by atoms with Crippen LogP contribution < -0.4 is 5.32 Å². The van der Waals surface area contributed by atoms with Gasteiger partial charge < -0.3 is 10.2 Å². The highest BCUT2D eigenvalue weighted by Gasteiger charge is 2.20. The van der Waals surface area contributed by atoms with E-state index < -0.39 is 0 Å². The molecule has 2 rings (SSSR count). The third kappa shape index (κ3) is 6.13. The third-order valence-corrected chi connectivity index (χ3v) is 5.42. The Hall–Kier alpha value is -0.0800. The van der Waals surface area contributed by atoms with Crippen LogP contribution in [0.5, 0.6) is 0 Å². The lowest BCUT2D eigenvalue weighted by Gasteiger charge is -2.29. The lowest BCUT2D eigenvalue weighted by atomic mass is 9.80. The highest BCUT2D eigenvalue weighted by Crippen LogP contribution is 2.31. The summed E-state index contributed by atoms with van der Waals surface area (Å²) in [6.07, 6.45) is 14.6. The molecule has 1 heterocycles. The Balaban J connectivity index is 1.46. The molecule has 1 aliphatic heterocycles. The van der Waals surface area contributed by atoms with Gasteiger partial charge in [-0.15, -0.1) is 0 Å². The lowest BCUT2D eigenvalue weighted by Crippen LogP contribution is -2.37.